The molecule has 0 bridgehead atoms. The van der Waals surface area contributed by atoms with E-state index in [-0.39, 0.29) is 5.92 Å². The Hall–Kier alpha value is -5.08. The van der Waals surface area contributed by atoms with Crippen LogP contribution in [-0.4, -0.2) is 6.54 Å². The Morgan fingerprint density at radius 1 is 0.553 bits per heavy atom. The van der Waals surface area contributed by atoms with Crippen LogP contribution in [0.5, 0.6) is 0 Å². The summed E-state index contributed by atoms with van der Waals surface area (Å²) in [4.78, 5) is 5.17. The van der Waals surface area contributed by atoms with Crippen molar-refractivity contribution in [3.8, 4) is 0 Å². The Morgan fingerprint density at radius 3 is 1.96 bits per heavy atom. The van der Waals surface area contributed by atoms with E-state index in [1.807, 2.05) is 0 Å². The Morgan fingerprint density at radius 2 is 1.19 bits per heavy atom. The second-order valence-electron chi connectivity index (χ2n) is 14.0. The summed E-state index contributed by atoms with van der Waals surface area (Å²) in [6.07, 6.45) is 44.3. The van der Waals surface area contributed by atoms with Crippen molar-refractivity contribution in [2.75, 3.05) is 16.3 Å². The van der Waals surface area contributed by atoms with Crippen molar-refractivity contribution >= 4 is 11.4 Å². The van der Waals surface area contributed by atoms with Crippen molar-refractivity contribution in [2.45, 2.75) is 24.7 Å². The van der Waals surface area contributed by atoms with Gasteiger partial charge in [-0.1, -0.05) is 133 Å². The molecule has 10 rings (SSSR count). The van der Waals surface area contributed by atoms with Crippen LogP contribution in [0.25, 0.3) is 0 Å². The maximum absolute atomic E-state index is 2.62. The monoisotopic (exact) mass is 606 g/mol. The van der Waals surface area contributed by atoms with Crippen molar-refractivity contribution in [3.05, 3.63) is 203 Å². The smallest absolute Gasteiger partial charge is 0.0497 e. The third-order valence-electron chi connectivity index (χ3n) is 11.4. The van der Waals surface area contributed by atoms with Gasteiger partial charge in [0, 0.05) is 70.5 Å². The fraction of sp³-hybridized carbons (Fsp3) is 0.200. The predicted molar refractivity (Wildman–Crippen MR) is 195 cm³/mol. The largest absolute Gasteiger partial charge is 0.340 e. The minimum Gasteiger partial charge on any atom is -0.340 e. The number of hydrogen-bond donors (Lipinski definition) is 0. The second-order valence-corrected chi connectivity index (χ2v) is 14.0. The molecule has 2 heterocycles. The van der Waals surface area contributed by atoms with Crippen LogP contribution in [0.3, 0.4) is 0 Å². The van der Waals surface area contributed by atoms with Gasteiger partial charge in [0.2, 0.25) is 0 Å². The number of rotatable bonds is 4. The van der Waals surface area contributed by atoms with Crippen LogP contribution in [0, 0.1) is 23.7 Å². The highest BCUT2D eigenvalue weighted by Gasteiger charge is 2.48. The third-order valence-corrected chi connectivity index (χ3v) is 11.4. The molecule has 2 aromatic rings. The lowest BCUT2D eigenvalue weighted by molar-refractivity contribution is 0.646. The van der Waals surface area contributed by atoms with Gasteiger partial charge in [-0.2, -0.15) is 0 Å². The normalized spacial score (nSPS) is 30.2. The summed E-state index contributed by atoms with van der Waals surface area (Å²) >= 11 is 0. The average Bonchev–Trinajstić information content (AvgIpc) is 3.64. The molecule has 228 valence electrons. The van der Waals surface area contributed by atoms with E-state index in [4.69, 9.17) is 0 Å². The van der Waals surface area contributed by atoms with Gasteiger partial charge in [-0.3, -0.25) is 0 Å². The molecule has 0 amide bonds. The molecule has 6 atom stereocenters. The fourth-order valence-electron chi connectivity index (χ4n) is 9.12. The van der Waals surface area contributed by atoms with Crippen LogP contribution < -0.4 is 9.80 Å². The molecular formula is C45H38N2. The number of para-hydroxylation sites is 2. The zero-order chi connectivity index (χ0) is 30.9. The maximum atomic E-state index is 2.62. The van der Waals surface area contributed by atoms with Gasteiger partial charge in [0.1, 0.15) is 0 Å². The third kappa shape index (κ3) is 4.31. The molecule has 2 nitrogen and oxygen atoms in total. The molecule has 2 aliphatic heterocycles. The SMILES string of the molecule is C1=CC2C=CC(C3=CC=C(CN4C5=CC=C6C(c7ccccc7N6C6=CC7C=CC=CC7C=C6)C5c5ccccc54)CC3)=CC2C=C1. The van der Waals surface area contributed by atoms with Crippen molar-refractivity contribution in [1.82, 2.24) is 0 Å². The van der Waals surface area contributed by atoms with Gasteiger partial charge in [-0.15, -0.1) is 0 Å². The minimum atomic E-state index is 0.288. The topological polar surface area (TPSA) is 6.48 Å². The van der Waals surface area contributed by atoms with Crippen LogP contribution in [0.15, 0.2) is 192 Å². The van der Waals surface area contributed by atoms with Gasteiger partial charge in [0.05, 0.1) is 0 Å². The zero-order valence-electron chi connectivity index (χ0n) is 26.5. The number of benzene rings is 2. The number of nitrogens with zero attached hydrogens (tertiary/aromatic N) is 2. The van der Waals surface area contributed by atoms with E-state index in [0.29, 0.717) is 29.6 Å². The second kappa shape index (κ2) is 10.7. The standard InChI is InChI=1S/C45H38N2/c1-3-11-34-27-36(22-21-31(34)9-1)33-19-17-30(18-20-33)29-46-40-15-7-5-13-38(40)44-42(46)25-26-43-45(44)39-14-6-8-16-41(39)47(43)37-24-23-32-10-2-4-12-35(32)28-37/h1-17,19,21-28,31-32,34-35,44-45H,18,20,29H2. The summed E-state index contributed by atoms with van der Waals surface area (Å²) in [6.45, 7) is 0.939. The van der Waals surface area contributed by atoms with Crippen LogP contribution in [0.1, 0.15) is 35.8 Å². The van der Waals surface area contributed by atoms with Crippen LogP contribution in [-0.2, 0) is 0 Å². The first-order valence-corrected chi connectivity index (χ1v) is 17.4. The van der Waals surface area contributed by atoms with Crippen molar-refractivity contribution in [3.63, 3.8) is 0 Å². The summed E-state index contributed by atoms with van der Waals surface area (Å²) in [6, 6.07) is 18.3. The van der Waals surface area contributed by atoms with E-state index >= 15 is 0 Å². The fourth-order valence-corrected chi connectivity index (χ4v) is 9.12. The Bertz CT molecular complexity index is 2060. The van der Waals surface area contributed by atoms with E-state index in [1.165, 1.54) is 56.3 Å². The van der Waals surface area contributed by atoms with Gasteiger partial charge in [-0.05, 0) is 65.5 Å². The summed E-state index contributed by atoms with van der Waals surface area (Å²) in [5.74, 6) is 2.44. The van der Waals surface area contributed by atoms with Crippen LogP contribution >= 0.6 is 0 Å². The molecule has 0 fully saturated rings. The molecular weight excluding hydrogens is 569 g/mol. The summed E-state index contributed by atoms with van der Waals surface area (Å²) < 4.78 is 0. The number of anilines is 2. The molecule has 2 aromatic carbocycles. The number of fused-ring (bicyclic) bond motifs is 9. The molecule has 8 aliphatic rings. The first kappa shape index (κ1) is 27.1. The zero-order valence-corrected chi connectivity index (χ0v) is 26.5. The first-order chi connectivity index (χ1) is 23.3. The van der Waals surface area contributed by atoms with Crippen molar-refractivity contribution < 1.29 is 0 Å². The van der Waals surface area contributed by atoms with Gasteiger partial charge < -0.3 is 9.80 Å². The molecule has 0 saturated heterocycles. The summed E-state index contributed by atoms with van der Waals surface area (Å²) in [7, 11) is 0. The summed E-state index contributed by atoms with van der Waals surface area (Å²) in [5.41, 5.74) is 14.1. The Balaban J connectivity index is 0.988. The molecule has 6 aliphatic carbocycles. The van der Waals surface area contributed by atoms with E-state index in [9.17, 15) is 0 Å². The minimum absolute atomic E-state index is 0.288. The predicted octanol–water partition coefficient (Wildman–Crippen LogP) is 10.3. The van der Waals surface area contributed by atoms with Gasteiger partial charge in [-0.25, -0.2) is 0 Å². The van der Waals surface area contributed by atoms with E-state index in [0.717, 1.165) is 19.4 Å². The Labute approximate surface area is 278 Å². The summed E-state index contributed by atoms with van der Waals surface area (Å²) in [5, 5.41) is 0. The molecule has 0 aromatic heterocycles. The lowest BCUT2D eigenvalue weighted by Crippen LogP contribution is -2.28. The van der Waals surface area contributed by atoms with Crippen LogP contribution in [0.4, 0.5) is 11.4 Å². The lowest BCUT2D eigenvalue weighted by Gasteiger charge is -2.34. The molecule has 0 spiro atoms. The maximum Gasteiger partial charge on any atom is 0.0497 e. The number of hydrogen-bond acceptors (Lipinski definition) is 2. The number of allylic oxidation sites excluding steroid dienone is 22. The average molecular weight is 607 g/mol. The molecule has 47 heavy (non-hydrogen) atoms. The molecule has 0 N–H and O–H groups in total. The van der Waals surface area contributed by atoms with Crippen molar-refractivity contribution in [2.24, 2.45) is 23.7 Å². The quantitative estimate of drug-likeness (QED) is 0.342. The van der Waals surface area contributed by atoms with Gasteiger partial charge >= 0.3 is 0 Å². The first-order valence-electron chi connectivity index (χ1n) is 17.4. The van der Waals surface area contributed by atoms with E-state index in [2.05, 4.69) is 168 Å². The Kier molecular flexibility index (Phi) is 6.19. The van der Waals surface area contributed by atoms with Crippen LogP contribution in [0.2, 0.25) is 0 Å². The molecule has 0 saturated carbocycles. The molecule has 0 radical (unpaired) electrons. The van der Waals surface area contributed by atoms with E-state index < -0.39 is 0 Å². The highest BCUT2D eigenvalue weighted by Crippen LogP contribution is 2.60. The van der Waals surface area contributed by atoms with Crippen molar-refractivity contribution in [1.29, 1.82) is 0 Å². The van der Waals surface area contributed by atoms with Gasteiger partial charge in [0.25, 0.3) is 0 Å². The van der Waals surface area contributed by atoms with E-state index in [1.54, 1.807) is 0 Å². The van der Waals surface area contributed by atoms with Gasteiger partial charge in [0.15, 0.2) is 0 Å². The molecule has 2 heteroatoms. The highest BCUT2D eigenvalue weighted by atomic mass is 15.2. The highest BCUT2D eigenvalue weighted by molar-refractivity contribution is 5.80. The lowest BCUT2D eigenvalue weighted by atomic mass is 9.78. The molecule has 6 unspecified atom stereocenters.